The molecule has 9 nitrogen and oxygen atoms in total. The van der Waals surface area contributed by atoms with Crippen LogP contribution in [-0.4, -0.2) is 28.8 Å². The van der Waals surface area contributed by atoms with Crippen molar-refractivity contribution in [2.45, 2.75) is 25.2 Å². The van der Waals surface area contributed by atoms with E-state index in [-0.39, 0.29) is 35.0 Å². The van der Waals surface area contributed by atoms with E-state index in [2.05, 4.69) is 0 Å². The number of nitriles is 1. The molecule has 0 amide bonds. The largest absolute Gasteiger partial charge is 0.500 e. The van der Waals surface area contributed by atoms with Crippen LogP contribution in [0.5, 0.6) is 11.5 Å². The molecule has 0 saturated carbocycles. The van der Waals surface area contributed by atoms with Crippen molar-refractivity contribution >= 4 is 17.4 Å². The highest BCUT2D eigenvalue weighted by atomic mass is 16.6. The number of hydrogen-bond acceptors (Lipinski definition) is 8. The van der Waals surface area contributed by atoms with Crippen molar-refractivity contribution in [1.29, 1.82) is 10.7 Å². The normalized spacial score (nSPS) is 22.3. The maximum Gasteiger partial charge on any atom is 0.314 e. The first kappa shape index (κ1) is 17.4. The van der Waals surface area contributed by atoms with Gasteiger partial charge in [-0.05, 0) is 18.1 Å². The van der Waals surface area contributed by atoms with Crippen molar-refractivity contribution < 1.29 is 24.3 Å². The molecule has 3 rings (SSSR count). The van der Waals surface area contributed by atoms with Gasteiger partial charge in [-0.2, -0.15) is 5.26 Å². The number of carbonyl (C=O) groups is 1. The van der Waals surface area contributed by atoms with Crippen molar-refractivity contribution in [2.24, 2.45) is 5.92 Å². The Kier molecular flexibility index (Phi) is 4.34. The number of hydrogen-bond donors (Lipinski definition) is 2. The molecule has 1 aliphatic carbocycles. The summed E-state index contributed by atoms with van der Waals surface area (Å²) in [6.45, 7) is 0. The van der Waals surface area contributed by atoms with E-state index in [1.165, 1.54) is 13.2 Å². The van der Waals surface area contributed by atoms with Gasteiger partial charge in [-0.25, -0.2) is 0 Å². The molecule has 26 heavy (non-hydrogen) atoms. The number of phenolic OH excluding ortho intramolecular Hbond substituents is 1. The monoisotopic (exact) mass is 357 g/mol. The second-order valence-corrected chi connectivity index (χ2v) is 6.01. The third-order valence-corrected chi connectivity index (χ3v) is 4.56. The van der Waals surface area contributed by atoms with Crippen LogP contribution < -0.4 is 4.74 Å². The number of nitro groups is 1. The average molecular weight is 357 g/mol. The number of ether oxygens (including phenoxy) is 2. The standard InChI is InChI=1S/C17H15N3O6/c1-25-13-6-8(5-10(16(13)22)20(23)24)14-9(7-18)17(19)26-12-4-2-3-11(21)15(12)14/h5-6,9,14,19,22H,2-4H2,1H3. The fourth-order valence-electron chi connectivity index (χ4n) is 3.38. The number of ketones is 1. The summed E-state index contributed by atoms with van der Waals surface area (Å²) in [7, 11) is 1.24. The summed E-state index contributed by atoms with van der Waals surface area (Å²) in [6, 6.07) is 4.41. The molecule has 0 aromatic heterocycles. The number of rotatable bonds is 3. The molecule has 9 heteroatoms. The Morgan fingerprint density at radius 3 is 2.81 bits per heavy atom. The molecule has 1 aliphatic heterocycles. The predicted octanol–water partition coefficient (Wildman–Crippen LogP) is 2.55. The average Bonchev–Trinajstić information content (AvgIpc) is 2.60. The Balaban J connectivity index is 2.26. The van der Waals surface area contributed by atoms with E-state index in [4.69, 9.17) is 14.9 Å². The Morgan fingerprint density at radius 2 is 2.19 bits per heavy atom. The van der Waals surface area contributed by atoms with Crippen LogP contribution in [0.4, 0.5) is 5.69 Å². The Labute approximate surface area is 148 Å². The van der Waals surface area contributed by atoms with Gasteiger partial charge in [0.1, 0.15) is 11.7 Å². The van der Waals surface area contributed by atoms with Gasteiger partial charge in [0.05, 0.1) is 18.1 Å². The van der Waals surface area contributed by atoms with E-state index in [1.54, 1.807) is 0 Å². The molecule has 0 saturated heterocycles. The van der Waals surface area contributed by atoms with Crippen molar-refractivity contribution in [3.05, 3.63) is 39.1 Å². The molecule has 134 valence electrons. The second-order valence-electron chi connectivity index (χ2n) is 6.01. The Hall–Kier alpha value is -3.41. The van der Waals surface area contributed by atoms with Crippen LogP contribution in [0.1, 0.15) is 30.7 Å². The van der Waals surface area contributed by atoms with Crippen LogP contribution in [0.15, 0.2) is 23.5 Å². The molecule has 2 aliphatic rings. The van der Waals surface area contributed by atoms with Crippen LogP contribution in [-0.2, 0) is 9.53 Å². The minimum absolute atomic E-state index is 0.144. The molecule has 0 fully saturated rings. The lowest BCUT2D eigenvalue weighted by atomic mass is 9.74. The third kappa shape index (κ3) is 2.65. The maximum atomic E-state index is 12.5. The minimum atomic E-state index is -1.11. The van der Waals surface area contributed by atoms with E-state index in [1.807, 2.05) is 6.07 Å². The zero-order valence-corrected chi connectivity index (χ0v) is 13.8. The summed E-state index contributed by atoms with van der Waals surface area (Å²) in [5.74, 6) is -2.96. The van der Waals surface area contributed by atoms with Gasteiger partial charge < -0.3 is 14.6 Å². The molecular weight excluding hydrogens is 342 g/mol. The predicted molar refractivity (Wildman–Crippen MR) is 87.9 cm³/mol. The molecular formula is C17H15N3O6. The summed E-state index contributed by atoms with van der Waals surface area (Å²) in [6.07, 6.45) is 1.31. The van der Waals surface area contributed by atoms with Crippen molar-refractivity contribution in [1.82, 2.24) is 0 Å². The topological polar surface area (TPSA) is 147 Å². The van der Waals surface area contributed by atoms with Gasteiger partial charge in [0, 0.05) is 30.4 Å². The van der Waals surface area contributed by atoms with Gasteiger partial charge in [0.15, 0.2) is 11.5 Å². The number of nitrogens with zero attached hydrogens (tertiary/aromatic N) is 2. The number of nitro benzene ring substituents is 1. The van der Waals surface area contributed by atoms with Gasteiger partial charge in [-0.15, -0.1) is 0 Å². The van der Waals surface area contributed by atoms with E-state index >= 15 is 0 Å². The van der Waals surface area contributed by atoms with Crippen LogP contribution in [0.2, 0.25) is 0 Å². The number of carbonyl (C=O) groups excluding carboxylic acids is 1. The van der Waals surface area contributed by atoms with Crippen LogP contribution in [0, 0.1) is 32.8 Å². The molecule has 2 unspecified atom stereocenters. The zero-order chi connectivity index (χ0) is 19.0. The van der Waals surface area contributed by atoms with E-state index in [0.717, 1.165) is 6.07 Å². The van der Waals surface area contributed by atoms with Crippen LogP contribution >= 0.6 is 0 Å². The second kappa shape index (κ2) is 6.48. The molecule has 2 atom stereocenters. The highest BCUT2D eigenvalue weighted by Crippen LogP contribution is 2.47. The highest BCUT2D eigenvalue weighted by Gasteiger charge is 2.43. The third-order valence-electron chi connectivity index (χ3n) is 4.56. The summed E-state index contributed by atoms with van der Waals surface area (Å²) in [5, 5.41) is 38.7. The Morgan fingerprint density at radius 1 is 1.46 bits per heavy atom. The highest BCUT2D eigenvalue weighted by molar-refractivity contribution is 6.01. The molecule has 1 aromatic carbocycles. The van der Waals surface area contributed by atoms with E-state index in [0.29, 0.717) is 18.6 Å². The van der Waals surface area contributed by atoms with Crippen LogP contribution in [0.25, 0.3) is 0 Å². The Bertz CT molecular complexity index is 898. The minimum Gasteiger partial charge on any atom is -0.500 e. The first-order chi connectivity index (χ1) is 12.4. The fraction of sp³-hybridized carbons (Fsp3) is 0.353. The summed E-state index contributed by atoms with van der Waals surface area (Å²) in [4.78, 5) is 23.0. The first-order valence-corrected chi connectivity index (χ1v) is 7.86. The lowest BCUT2D eigenvalue weighted by Crippen LogP contribution is -2.34. The summed E-state index contributed by atoms with van der Waals surface area (Å²) < 4.78 is 10.4. The van der Waals surface area contributed by atoms with Gasteiger partial charge in [0.25, 0.3) is 0 Å². The molecule has 0 spiro atoms. The number of benzene rings is 1. The summed E-state index contributed by atoms with van der Waals surface area (Å²) >= 11 is 0. The van der Waals surface area contributed by atoms with E-state index < -0.39 is 28.2 Å². The smallest absolute Gasteiger partial charge is 0.314 e. The SMILES string of the molecule is COc1cc(C2C3=C(CCCC3=O)OC(=N)C2C#N)cc([N+](=O)[O-])c1O. The number of aromatic hydroxyl groups is 1. The number of allylic oxidation sites excluding steroid dienone is 2. The van der Waals surface area contributed by atoms with Gasteiger partial charge in [-0.1, -0.05) is 0 Å². The van der Waals surface area contributed by atoms with Gasteiger partial charge in [-0.3, -0.25) is 20.3 Å². The van der Waals surface area contributed by atoms with Crippen molar-refractivity contribution in [2.75, 3.05) is 7.11 Å². The van der Waals surface area contributed by atoms with E-state index in [9.17, 15) is 25.3 Å². The lowest BCUT2D eigenvalue weighted by molar-refractivity contribution is -0.386. The number of phenols is 1. The number of nitrogens with one attached hydrogen (secondary N) is 1. The zero-order valence-electron chi connectivity index (χ0n) is 13.8. The molecule has 1 aromatic rings. The number of Topliss-reactive ketones (excluding diaryl/α,β-unsaturated/α-hetero) is 1. The molecule has 1 heterocycles. The lowest BCUT2D eigenvalue weighted by Gasteiger charge is -2.34. The van der Waals surface area contributed by atoms with Crippen molar-refractivity contribution in [3.8, 4) is 17.6 Å². The first-order valence-electron chi connectivity index (χ1n) is 7.86. The van der Waals surface area contributed by atoms with Gasteiger partial charge in [0.2, 0.25) is 11.6 Å². The number of methoxy groups -OCH3 is 1. The molecule has 0 radical (unpaired) electrons. The van der Waals surface area contributed by atoms with Crippen molar-refractivity contribution in [3.63, 3.8) is 0 Å². The van der Waals surface area contributed by atoms with Crippen LogP contribution in [0.3, 0.4) is 0 Å². The quantitative estimate of drug-likeness (QED) is 0.624. The maximum absolute atomic E-state index is 12.5. The summed E-state index contributed by atoms with van der Waals surface area (Å²) in [5.41, 5.74) is -0.0889. The van der Waals surface area contributed by atoms with Gasteiger partial charge >= 0.3 is 5.69 Å². The fourth-order valence-corrected chi connectivity index (χ4v) is 3.38. The molecule has 0 bridgehead atoms. The molecule has 2 N–H and O–H groups in total.